The van der Waals surface area contributed by atoms with Crippen LogP contribution in [0.5, 0.6) is 0 Å². The molecule has 2 heterocycles. The summed E-state index contributed by atoms with van der Waals surface area (Å²) >= 11 is 0. The van der Waals surface area contributed by atoms with Gasteiger partial charge in [0.1, 0.15) is 18.0 Å². The summed E-state index contributed by atoms with van der Waals surface area (Å²) in [6, 6.07) is 8.45. The van der Waals surface area contributed by atoms with Crippen LogP contribution < -0.4 is 0 Å². The Hall–Kier alpha value is -1.32. The first-order valence-electron chi connectivity index (χ1n) is 7.48. The Morgan fingerprint density at radius 1 is 1.25 bits per heavy atom. The van der Waals surface area contributed by atoms with Gasteiger partial charge in [0.25, 0.3) is 0 Å². The lowest BCUT2D eigenvalue weighted by Crippen LogP contribution is -2.21. The Morgan fingerprint density at radius 2 is 2.15 bits per heavy atom. The van der Waals surface area contributed by atoms with E-state index in [1.165, 1.54) is 12.0 Å². The van der Waals surface area contributed by atoms with Crippen molar-refractivity contribution in [1.29, 1.82) is 0 Å². The SMILES string of the molecule is CC(C)c1ccc2oc(COC3CCCCO3)cc2c1. The Balaban J connectivity index is 1.69. The molecular weight excluding hydrogens is 252 g/mol. The Bertz CT molecular complexity index is 565. The highest BCUT2D eigenvalue weighted by atomic mass is 16.7. The lowest BCUT2D eigenvalue weighted by atomic mass is 10.0. The maximum atomic E-state index is 5.81. The maximum Gasteiger partial charge on any atom is 0.158 e. The summed E-state index contributed by atoms with van der Waals surface area (Å²) in [6.07, 6.45) is 3.24. The molecule has 0 bridgehead atoms. The summed E-state index contributed by atoms with van der Waals surface area (Å²) in [4.78, 5) is 0. The van der Waals surface area contributed by atoms with Gasteiger partial charge in [0.15, 0.2) is 6.29 Å². The first-order chi connectivity index (χ1) is 9.72. The van der Waals surface area contributed by atoms with Crippen molar-refractivity contribution in [3.63, 3.8) is 0 Å². The second-order valence-electron chi connectivity index (χ2n) is 5.77. The van der Waals surface area contributed by atoms with Crippen molar-refractivity contribution in [3.05, 3.63) is 35.6 Å². The summed E-state index contributed by atoms with van der Waals surface area (Å²) < 4.78 is 17.1. The van der Waals surface area contributed by atoms with Crippen molar-refractivity contribution in [1.82, 2.24) is 0 Å². The normalized spacial score (nSPS) is 19.9. The molecule has 1 fully saturated rings. The average molecular weight is 274 g/mol. The second-order valence-corrected chi connectivity index (χ2v) is 5.77. The number of furan rings is 1. The van der Waals surface area contributed by atoms with Gasteiger partial charge in [-0.2, -0.15) is 0 Å². The molecule has 0 saturated carbocycles. The van der Waals surface area contributed by atoms with Crippen LogP contribution in [0.15, 0.2) is 28.7 Å². The topological polar surface area (TPSA) is 31.6 Å². The molecular formula is C17H22O3. The first-order valence-corrected chi connectivity index (χ1v) is 7.48. The molecule has 1 unspecified atom stereocenters. The lowest BCUT2D eigenvalue weighted by molar-refractivity contribution is -0.171. The molecule has 20 heavy (non-hydrogen) atoms. The van der Waals surface area contributed by atoms with Gasteiger partial charge in [-0.1, -0.05) is 19.9 Å². The minimum Gasteiger partial charge on any atom is -0.459 e. The summed E-state index contributed by atoms with van der Waals surface area (Å²) in [7, 11) is 0. The Morgan fingerprint density at radius 3 is 2.90 bits per heavy atom. The largest absolute Gasteiger partial charge is 0.459 e. The maximum absolute atomic E-state index is 5.81. The third-order valence-electron chi connectivity index (χ3n) is 3.81. The molecule has 3 nitrogen and oxygen atoms in total. The van der Waals surface area contributed by atoms with Crippen LogP contribution in [0.2, 0.25) is 0 Å². The first kappa shape index (κ1) is 13.7. The number of fused-ring (bicyclic) bond motifs is 1. The molecule has 0 N–H and O–H groups in total. The van der Waals surface area contributed by atoms with Crippen LogP contribution in [0.3, 0.4) is 0 Å². The molecule has 3 heteroatoms. The molecule has 2 aromatic rings. The van der Waals surface area contributed by atoms with Crippen LogP contribution in [-0.2, 0) is 16.1 Å². The van der Waals surface area contributed by atoms with Crippen molar-refractivity contribution in [3.8, 4) is 0 Å². The predicted octanol–water partition coefficient (Wildman–Crippen LogP) is 4.60. The minimum atomic E-state index is -0.0665. The molecule has 0 amide bonds. The zero-order valence-corrected chi connectivity index (χ0v) is 12.2. The molecule has 0 aliphatic carbocycles. The van der Waals surface area contributed by atoms with E-state index in [0.29, 0.717) is 12.5 Å². The molecule has 3 rings (SSSR count). The summed E-state index contributed by atoms with van der Waals surface area (Å²) in [5, 5.41) is 1.15. The fraction of sp³-hybridized carbons (Fsp3) is 0.529. The third kappa shape index (κ3) is 3.05. The summed E-state index contributed by atoms with van der Waals surface area (Å²) in [5.41, 5.74) is 2.26. The highest BCUT2D eigenvalue weighted by Crippen LogP contribution is 2.25. The van der Waals surface area contributed by atoms with Gasteiger partial charge in [-0.15, -0.1) is 0 Å². The number of hydrogen-bond donors (Lipinski definition) is 0. The van der Waals surface area contributed by atoms with Crippen molar-refractivity contribution in [2.45, 2.75) is 51.9 Å². The van der Waals surface area contributed by atoms with Gasteiger partial charge in [-0.25, -0.2) is 0 Å². The van der Waals surface area contributed by atoms with Gasteiger partial charge in [-0.3, -0.25) is 0 Å². The standard InChI is InChI=1S/C17H22O3/c1-12(2)13-6-7-16-14(9-13)10-15(20-16)11-19-17-5-3-4-8-18-17/h6-7,9-10,12,17H,3-5,8,11H2,1-2H3. The summed E-state index contributed by atoms with van der Waals surface area (Å²) in [6.45, 7) is 5.69. The average Bonchev–Trinajstić information content (AvgIpc) is 2.88. The lowest BCUT2D eigenvalue weighted by Gasteiger charge is -2.22. The Labute approximate surface area is 119 Å². The third-order valence-corrected chi connectivity index (χ3v) is 3.81. The molecule has 1 aliphatic rings. The number of benzene rings is 1. The van der Waals surface area contributed by atoms with Crippen LogP contribution in [0.1, 0.15) is 50.4 Å². The van der Waals surface area contributed by atoms with Crippen LogP contribution in [-0.4, -0.2) is 12.9 Å². The van der Waals surface area contributed by atoms with E-state index < -0.39 is 0 Å². The zero-order valence-electron chi connectivity index (χ0n) is 12.2. The highest BCUT2D eigenvalue weighted by Gasteiger charge is 2.15. The van der Waals surface area contributed by atoms with Crippen molar-refractivity contribution < 1.29 is 13.9 Å². The monoisotopic (exact) mass is 274 g/mol. The van der Waals surface area contributed by atoms with Gasteiger partial charge < -0.3 is 13.9 Å². The van der Waals surface area contributed by atoms with E-state index in [9.17, 15) is 0 Å². The van der Waals surface area contributed by atoms with E-state index in [1.54, 1.807) is 0 Å². The van der Waals surface area contributed by atoms with Gasteiger partial charge in [0, 0.05) is 12.0 Å². The van der Waals surface area contributed by atoms with E-state index in [4.69, 9.17) is 13.9 Å². The van der Waals surface area contributed by atoms with E-state index in [2.05, 4.69) is 32.0 Å². The van der Waals surface area contributed by atoms with Crippen molar-refractivity contribution in [2.75, 3.05) is 6.61 Å². The quantitative estimate of drug-likeness (QED) is 0.816. The van der Waals surface area contributed by atoms with E-state index in [-0.39, 0.29) is 6.29 Å². The highest BCUT2D eigenvalue weighted by molar-refractivity contribution is 5.78. The number of rotatable bonds is 4. The van der Waals surface area contributed by atoms with Crippen molar-refractivity contribution in [2.24, 2.45) is 0 Å². The van der Waals surface area contributed by atoms with E-state index >= 15 is 0 Å². The molecule has 1 aromatic carbocycles. The predicted molar refractivity (Wildman–Crippen MR) is 78.7 cm³/mol. The van der Waals surface area contributed by atoms with Crippen molar-refractivity contribution >= 4 is 11.0 Å². The van der Waals surface area contributed by atoms with Gasteiger partial charge in [0.05, 0.1) is 0 Å². The molecule has 0 radical (unpaired) electrons. The fourth-order valence-corrected chi connectivity index (χ4v) is 2.56. The molecule has 1 atom stereocenters. The molecule has 1 aliphatic heterocycles. The number of ether oxygens (including phenoxy) is 2. The smallest absolute Gasteiger partial charge is 0.158 e. The van der Waals surface area contributed by atoms with Crippen LogP contribution in [0, 0.1) is 0 Å². The zero-order chi connectivity index (χ0) is 13.9. The molecule has 1 saturated heterocycles. The van der Waals surface area contributed by atoms with Gasteiger partial charge in [-0.05, 0) is 48.9 Å². The minimum absolute atomic E-state index is 0.0665. The second kappa shape index (κ2) is 5.98. The fourth-order valence-electron chi connectivity index (χ4n) is 2.56. The van der Waals surface area contributed by atoms with Crippen LogP contribution in [0.25, 0.3) is 11.0 Å². The molecule has 1 aromatic heterocycles. The Kier molecular flexibility index (Phi) is 4.08. The van der Waals surface area contributed by atoms with Crippen LogP contribution >= 0.6 is 0 Å². The van der Waals surface area contributed by atoms with Gasteiger partial charge in [0.2, 0.25) is 0 Å². The summed E-state index contributed by atoms with van der Waals surface area (Å²) in [5.74, 6) is 1.40. The van der Waals surface area contributed by atoms with E-state index in [1.807, 2.05) is 6.07 Å². The number of hydrogen-bond acceptors (Lipinski definition) is 3. The van der Waals surface area contributed by atoms with E-state index in [0.717, 1.165) is 36.2 Å². The molecule has 108 valence electrons. The van der Waals surface area contributed by atoms with Gasteiger partial charge >= 0.3 is 0 Å². The van der Waals surface area contributed by atoms with Crippen LogP contribution in [0.4, 0.5) is 0 Å². The molecule has 0 spiro atoms.